The average Bonchev–Trinajstić information content (AvgIpc) is 2.58. The van der Waals surface area contributed by atoms with Crippen LogP contribution < -0.4 is 11.3 Å². The zero-order valence-corrected chi connectivity index (χ0v) is 11.3. The largest absolute Gasteiger partial charge is 0.328 e. The molecule has 1 fully saturated rings. The molecule has 3 heteroatoms. The third-order valence-electron chi connectivity index (χ3n) is 4.14. The van der Waals surface area contributed by atoms with Gasteiger partial charge in [0.15, 0.2) is 0 Å². The molecule has 3 heterocycles. The molecular formula is C14H25N3. The molecule has 0 aromatic carbocycles. The van der Waals surface area contributed by atoms with Crippen LogP contribution in [0, 0.1) is 11.8 Å². The average molecular weight is 235 g/mol. The first-order valence-electron chi connectivity index (χ1n) is 6.76. The van der Waals surface area contributed by atoms with Crippen LogP contribution in [-0.2, 0) is 0 Å². The van der Waals surface area contributed by atoms with E-state index in [1.807, 2.05) is 0 Å². The number of nitrogens with two attached hydrogens (primary N) is 1. The summed E-state index contributed by atoms with van der Waals surface area (Å²) in [5, 5.41) is 0. The van der Waals surface area contributed by atoms with E-state index >= 15 is 0 Å². The molecule has 3 nitrogen and oxygen atoms in total. The smallest absolute Gasteiger partial charge is 0.0338 e. The summed E-state index contributed by atoms with van der Waals surface area (Å²) >= 11 is 0. The number of hydrogen-bond acceptors (Lipinski definition) is 3. The van der Waals surface area contributed by atoms with Gasteiger partial charge in [0.2, 0.25) is 0 Å². The van der Waals surface area contributed by atoms with E-state index in [0.29, 0.717) is 11.8 Å². The van der Waals surface area contributed by atoms with Gasteiger partial charge in [-0.25, -0.2) is 0 Å². The van der Waals surface area contributed by atoms with Crippen LogP contribution in [0.5, 0.6) is 0 Å². The molecule has 3 aliphatic rings. The molecule has 17 heavy (non-hydrogen) atoms. The standard InChI is InChI=1S/C14H25N3/c1-4-12(10(2)3)13-9-17-7-5-11(6-8-17)14(13)16-15/h4,10-11,16H,5-9,15H2,1-3H3/b12-4-. The second-order valence-corrected chi connectivity index (χ2v) is 5.49. The molecule has 3 aliphatic heterocycles. The summed E-state index contributed by atoms with van der Waals surface area (Å²) in [5.74, 6) is 6.99. The van der Waals surface area contributed by atoms with Gasteiger partial charge in [-0.2, -0.15) is 0 Å². The van der Waals surface area contributed by atoms with E-state index < -0.39 is 0 Å². The number of allylic oxidation sites excluding steroid dienone is 2. The summed E-state index contributed by atoms with van der Waals surface area (Å²) in [6, 6.07) is 0. The molecule has 3 rings (SSSR count). The predicted molar refractivity (Wildman–Crippen MR) is 72.1 cm³/mol. The summed E-state index contributed by atoms with van der Waals surface area (Å²) in [4.78, 5) is 2.56. The fourth-order valence-electron chi connectivity index (χ4n) is 3.24. The van der Waals surface area contributed by atoms with Crippen LogP contribution in [0.15, 0.2) is 22.9 Å². The van der Waals surface area contributed by atoms with Gasteiger partial charge in [0.1, 0.15) is 0 Å². The number of nitrogens with zero attached hydrogens (tertiary/aromatic N) is 1. The number of fused-ring (bicyclic) bond motifs is 3. The van der Waals surface area contributed by atoms with Crippen molar-refractivity contribution in [3.63, 3.8) is 0 Å². The predicted octanol–water partition coefficient (Wildman–Crippen LogP) is 2.03. The van der Waals surface area contributed by atoms with E-state index in [-0.39, 0.29) is 0 Å². The first-order chi connectivity index (χ1) is 8.17. The topological polar surface area (TPSA) is 41.3 Å². The summed E-state index contributed by atoms with van der Waals surface area (Å²) < 4.78 is 0. The van der Waals surface area contributed by atoms with Gasteiger partial charge in [-0.3, -0.25) is 10.7 Å². The Morgan fingerprint density at radius 3 is 2.53 bits per heavy atom. The number of hydrazine groups is 1. The van der Waals surface area contributed by atoms with Crippen molar-refractivity contribution in [2.24, 2.45) is 17.7 Å². The third kappa shape index (κ3) is 2.40. The van der Waals surface area contributed by atoms with Gasteiger partial charge in [-0.1, -0.05) is 19.9 Å². The zero-order chi connectivity index (χ0) is 12.4. The lowest BCUT2D eigenvalue weighted by Gasteiger charge is -2.27. The second-order valence-electron chi connectivity index (χ2n) is 5.49. The van der Waals surface area contributed by atoms with Crippen LogP contribution in [0.25, 0.3) is 0 Å². The van der Waals surface area contributed by atoms with Crippen LogP contribution >= 0.6 is 0 Å². The van der Waals surface area contributed by atoms with Crippen molar-refractivity contribution in [3.05, 3.63) is 22.9 Å². The lowest BCUT2D eigenvalue weighted by Crippen LogP contribution is -2.33. The fraction of sp³-hybridized carbons (Fsp3) is 0.714. The van der Waals surface area contributed by atoms with Crippen molar-refractivity contribution in [2.45, 2.75) is 33.6 Å². The van der Waals surface area contributed by atoms with Gasteiger partial charge >= 0.3 is 0 Å². The molecular weight excluding hydrogens is 210 g/mol. The van der Waals surface area contributed by atoms with Crippen molar-refractivity contribution in [1.82, 2.24) is 10.3 Å². The quantitative estimate of drug-likeness (QED) is 0.581. The van der Waals surface area contributed by atoms with E-state index in [1.165, 1.54) is 42.8 Å². The van der Waals surface area contributed by atoms with Gasteiger partial charge in [0, 0.05) is 18.2 Å². The summed E-state index contributed by atoms with van der Waals surface area (Å²) in [6.07, 6.45) is 4.75. The molecule has 0 radical (unpaired) electrons. The van der Waals surface area contributed by atoms with E-state index in [2.05, 4.69) is 37.2 Å². The molecule has 0 spiro atoms. The Balaban J connectivity index is 2.39. The molecule has 0 aromatic rings. The molecule has 0 atom stereocenters. The molecule has 2 bridgehead atoms. The van der Waals surface area contributed by atoms with Crippen LogP contribution in [0.4, 0.5) is 0 Å². The van der Waals surface area contributed by atoms with Gasteiger partial charge in [0.25, 0.3) is 0 Å². The highest BCUT2D eigenvalue weighted by Gasteiger charge is 2.30. The van der Waals surface area contributed by atoms with Crippen molar-refractivity contribution < 1.29 is 0 Å². The lowest BCUT2D eigenvalue weighted by molar-refractivity contribution is 0.227. The normalized spacial score (nSPS) is 29.8. The van der Waals surface area contributed by atoms with Crippen LogP contribution in [0.2, 0.25) is 0 Å². The van der Waals surface area contributed by atoms with Crippen LogP contribution in [0.1, 0.15) is 33.6 Å². The Kier molecular flexibility index (Phi) is 3.89. The van der Waals surface area contributed by atoms with Crippen molar-refractivity contribution >= 4 is 0 Å². The first-order valence-corrected chi connectivity index (χ1v) is 6.76. The molecule has 1 saturated heterocycles. The van der Waals surface area contributed by atoms with Gasteiger partial charge in [-0.05, 0) is 49.9 Å². The van der Waals surface area contributed by atoms with Crippen molar-refractivity contribution in [2.75, 3.05) is 19.6 Å². The van der Waals surface area contributed by atoms with Gasteiger partial charge in [-0.15, -0.1) is 0 Å². The van der Waals surface area contributed by atoms with Gasteiger partial charge < -0.3 is 5.43 Å². The zero-order valence-electron chi connectivity index (χ0n) is 11.3. The SMILES string of the molecule is C/C=C(\C1=C(NN)C2CCN(CC2)C1)C(C)C. The highest BCUT2D eigenvalue weighted by Crippen LogP contribution is 2.34. The number of rotatable bonds is 3. The lowest BCUT2D eigenvalue weighted by atomic mass is 9.88. The molecule has 96 valence electrons. The van der Waals surface area contributed by atoms with Crippen molar-refractivity contribution in [3.8, 4) is 0 Å². The number of piperidine rings is 1. The van der Waals surface area contributed by atoms with Gasteiger partial charge in [0.05, 0.1) is 0 Å². The summed E-state index contributed by atoms with van der Waals surface area (Å²) in [5.41, 5.74) is 7.21. The molecule has 3 N–H and O–H groups in total. The monoisotopic (exact) mass is 235 g/mol. The van der Waals surface area contributed by atoms with E-state index in [9.17, 15) is 0 Å². The maximum Gasteiger partial charge on any atom is 0.0338 e. The Bertz CT molecular complexity index is 333. The Labute approximate surface area is 105 Å². The van der Waals surface area contributed by atoms with Crippen molar-refractivity contribution in [1.29, 1.82) is 0 Å². The number of hydrogen-bond donors (Lipinski definition) is 2. The number of nitrogens with one attached hydrogen (secondary N) is 1. The van der Waals surface area contributed by atoms with Crippen LogP contribution in [0.3, 0.4) is 0 Å². The maximum atomic E-state index is 5.79. The second kappa shape index (κ2) is 5.23. The Hall–Kier alpha value is -0.800. The minimum Gasteiger partial charge on any atom is -0.328 e. The minimum atomic E-state index is 0.567. The minimum absolute atomic E-state index is 0.567. The summed E-state index contributed by atoms with van der Waals surface area (Å²) in [7, 11) is 0. The highest BCUT2D eigenvalue weighted by atomic mass is 15.2. The first kappa shape index (κ1) is 12.7. The highest BCUT2D eigenvalue weighted by molar-refractivity contribution is 5.39. The molecule has 0 unspecified atom stereocenters. The van der Waals surface area contributed by atoms with E-state index in [0.717, 1.165) is 6.54 Å². The molecule has 0 aliphatic carbocycles. The molecule has 0 saturated carbocycles. The van der Waals surface area contributed by atoms with E-state index in [4.69, 9.17) is 5.84 Å². The maximum absolute atomic E-state index is 5.79. The van der Waals surface area contributed by atoms with E-state index in [1.54, 1.807) is 0 Å². The Morgan fingerprint density at radius 1 is 1.41 bits per heavy atom. The molecule has 0 amide bonds. The summed E-state index contributed by atoms with van der Waals surface area (Å²) in [6.45, 7) is 10.2. The molecule has 0 aromatic heterocycles. The Morgan fingerprint density at radius 2 is 2.06 bits per heavy atom. The third-order valence-corrected chi connectivity index (χ3v) is 4.14. The van der Waals surface area contributed by atoms with Crippen LogP contribution in [-0.4, -0.2) is 24.5 Å². The fourth-order valence-corrected chi connectivity index (χ4v) is 3.24.